The molecule has 2 amide bonds. The molecule has 0 bridgehead atoms. The highest BCUT2D eigenvalue weighted by molar-refractivity contribution is 6.25. The molecule has 0 radical (unpaired) electrons. The Hall–Kier alpha value is -4.91. The number of amides is 2. The number of aryl methyl sites for hydroxylation is 2. The van der Waals surface area contributed by atoms with Crippen LogP contribution in [0.25, 0.3) is 16.3 Å². The molecule has 202 valence electrons. The molecule has 4 aromatic rings. The number of ether oxygens (including phenoxy) is 3. The van der Waals surface area contributed by atoms with Crippen molar-refractivity contribution in [3.8, 4) is 17.2 Å². The van der Waals surface area contributed by atoms with Crippen LogP contribution in [0, 0.1) is 31.6 Å². The molecule has 41 heavy (non-hydrogen) atoms. The van der Waals surface area contributed by atoms with E-state index in [1.165, 1.54) is 4.90 Å². The molecule has 3 aliphatic heterocycles. The fourth-order valence-electron chi connectivity index (χ4n) is 6.98. The Morgan fingerprint density at radius 2 is 1.56 bits per heavy atom. The van der Waals surface area contributed by atoms with Crippen molar-refractivity contribution in [1.82, 2.24) is 0 Å². The van der Waals surface area contributed by atoms with Gasteiger partial charge in [0.2, 0.25) is 18.6 Å². The van der Waals surface area contributed by atoms with Gasteiger partial charge in [-0.25, -0.2) is 4.90 Å². The zero-order valence-electron chi connectivity index (χ0n) is 22.4. The molecule has 0 N–H and O–H groups in total. The summed E-state index contributed by atoms with van der Waals surface area (Å²) in [5.74, 6) is -2.62. The largest absolute Gasteiger partial charge is 0.454 e. The van der Waals surface area contributed by atoms with Gasteiger partial charge in [0, 0.05) is 11.5 Å². The number of carbonyl (C=O) groups is 3. The summed E-state index contributed by atoms with van der Waals surface area (Å²) in [7, 11) is 0. The summed E-state index contributed by atoms with van der Waals surface area (Å²) < 4.78 is 17.1. The molecular weight excluding hydrogens is 518 g/mol. The van der Waals surface area contributed by atoms with Gasteiger partial charge in [0.05, 0.1) is 23.4 Å². The topological polar surface area (TPSA) is 82.1 Å². The van der Waals surface area contributed by atoms with E-state index in [1.807, 2.05) is 86.7 Å². The molecule has 1 aliphatic carbocycles. The number of benzene rings is 4. The summed E-state index contributed by atoms with van der Waals surface area (Å²) in [4.78, 5) is 43.7. The first-order valence-electron chi connectivity index (χ1n) is 13.7. The van der Waals surface area contributed by atoms with E-state index in [9.17, 15) is 14.4 Å². The maximum atomic E-state index is 14.4. The SMILES string of the molecule is Cc1ccc(C)c(N2C(=O)[C@@H]3[C@@H]4C(=O)Oc5ccc6ccccc6c5C4=C[C@H](c4ccc5c(c4)OCO5)[C@H]3C2=O)c1. The predicted octanol–water partition coefficient (Wildman–Crippen LogP) is 5.71. The average Bonchev–Trinajstić information content (AvgIpc) is 3.55. The first kappa shape index (κ1) is 23.9. The minimum atomic E-state index is -0.919. The van der Waals surface area contributed by atoms with E-state index in [2.05, 4.69) is 0 Å². The molecule has 1 fully saturated rings. The summed E-state index contributed by atoms with van der Waals surface area (Å²) in [5, 5.41) is 1.93. The highest BCUT2D eigenvalue weighted by Crippen LogP contribution is 2.56. The zero-order valence-corrected chi connectivity index (χ0v) is 22.4. The van der Waals surface area contributed by atoms with Gasteiger partial charge in [-0.1, -0.05) is 54.6 Å². The molecule has 0 spiro atoms. The van der Waals surface area contributed by atoms with Gasteiger partial charge in [0.15, 0.2) is 11.5 Å². The van der Waals surface area contributed by atoms with Crippen LogP contribution in [0.15, 0.2) is 78.9 Å². The van der Waals surface area contributed by atoms with Crippen molar-refractivity contribution in [1.29, 1.82) is 0 Å². The number of anilines is 1. The Morgan fingerprint density at radius 3 is 2.44 bits per heavy atom. The van der Waals surface area contributed by atoms with E-state index < -0.39 is 29.6 Å². The van der Waals surface area contributed by atoms with Crippen LogP contribution in [0.4, 0.5) is 5.69 Å². The highest BCUT2D eigenvalue weighted by atomic mass is 16.7. The van der Waals surface area contributed by atoms with Crippen molar-refractivity contribution in [2.24, 2.45) is 17.8 Å². The van der Waals surface area contributed by atoms with E-state index in [-0.39, 0.29) is 18.6 Å². The monoisotopic (exact) mass is 543 g/mol. The van der Waals surface area contributed by atoms with Gasteiger partial charge in [0.1, 0.15) is 5.75 Å². The minimum Gasteiger partial charge on any atom is -0.454 e. The van der Waals surface area contributed by atoms with E-state index in [0.717, 1.165) is 38.6 Å². The number of esters is 1. The van der Waals surface area contributed by atoms with Crippen LogP contribution < -0.4 is 19.1 Å². The molecule has 4 aromatic carbocycles. The van der Waals surface area contributed by atoms with Crippen LogP contribution >= 0.6 is 0 Å². The maximum absolute atomic E-state index is 14.4. The van der Waals surface area contributed by atoms with Gasteiger partial charge in [-0.15, -0.1) is 0 Å². The molecular formula is C34H25NO6. The third kappa shape index (κ3) is 3.35. The molecule has 3 heterocycles. The van der Waals surface area contributed by atoms with Gasteiger partial charge in [-0.2, -0.15) is 0 Å². The van der Waals surface area contributed by atoms with E-state index in [1.54, 1.807) is 6.07 Å². The van der Waals surface area contributed by atoms with Crippen LogP contribution in [0.1, 0.15) is 28.2 Å². The molecule has 7 heteroatoms. The first-order valence-corrected chi connectivity index (χ1v) is 13.7. The van der Waals surface area contributed by atoms with Crippen molar-refractivity contribution >= 4 is 39.8 Å². The van der Waals surface area contributed by atoms with Crippen LogP contribution in [0.3, 0.4) is 0 Å². The van der Waals surface area contributed by atoms with Gasteiger partial charge >= 0.3 is 5.97 Å². The third-order valence-corrected chi connectivity index (χ3v) is 8.87. The number of hydrogen-bond donors (Lipinski definition) is 0. The summed E-state index contributed by atoms with van der Waals surface area (Å²) in [6.45, 7) is 3.94. The molecule has 0 aromatic heterocycles. The summed E-state index contributed by atoms with van der Waals surface area (Å²) in [6.07, 6.45) is 2.01. The average molecular weight is 544 g/mol. The number of nitrogens with zero attached hydrogens (tertiary/aromatic N) is 1. The second-order valence-electron chi connectivity index (χ2n) is 11.2. The molecule has 1 saturated heterocycles. The number of allylic oxidation sites excluding steroid dienone is 1. The van der Waals surface area contributed by atoms with Crippen LogP contribution in [0.2, 0.25) is 0 Å². The van der Waals surface area contributed by atoms with Gasteiger partial charge < -0.3 is 14.2 Å². The van der Waals surface area contributed by atoms with E-state index >= 15 is 0 Å². The quantitative estimate of drug-likeness (QED) is 0.183. The smallest absolute Gasteiger partial charge is 0.319 e. The van der Waals surface area contributed by atoms with Crippen LogP contribution in [-0.4, -0.2) is 24.6 Å². The van der Waals surface area contributed by atoms with Gasteiger partial charge in [-0.05, 0) is 71.1 Å². The minimum absolute atomic E-state index is 0.127. The lowest BCUT2D eigenvalue weighted by Gasteiger charge is -2.38. The summed E-state index contributed by atoms with van der Waals surface area (Å²) >= 11 is 0. The first-order chi connectivity index (χ1) is 19.9. The standard InChI is InChI=1S/C34H25NO6/c1-17-7-8-18(2)24(13-17)35-32(36)29-22(20-10-11-25-27(14-20)40-16-39-25)15-23-28-21-6-4-3-5-19(21)9-12-26(28)41-34(38)30(23)31(29)33(35)37/h3-15,22,29-31H,16H2,1-2H3/t22-,29-,30-,31+/m1/s1. The molecule has 4 aliphatic rings. The number of hydrogen-bond acceptors (Lipinski definition) is 6. The number of imide groups is 1. The zero-order chi connectivity index (χ0) is 28.0. The number of fused-ring (bicyclic) bond motifs is 8. The molecule has 8 rings (SSSR count). The fourth-order valence-corrected chi connectivity index (χ4v) is 6.98. The fraction of sp³-hybridized carbons (Fsp3) is 0.206. The second-order valence-corrected chi connectivity index (χ2v) is 11.2. The Kier molecular flexibility index (Phi) is 4.99. The Bertz CT molecular complexity index is 1870. The summed E-state index contributed by atoms with van der Waals surface area (Å²) in [5.41, 5.74) is 4.63. The van der Waals surface area contributed by atoms with Crippen molar-refractivity contribution in [3.05, 3.63) is 101 Å². The predicted molar refractivity (Wildman–Crippen MR) is 152 cm³/mol. The normalized spacial score (nSPS) is 24.1. The Morgan fingerprint density at radius 1 is 0.780 bits per heavy atom. The lowest BCUT2D eigenvalue weighted by atomic mass is 9.64. The third-order valence-electron chi connectivity index (χ3n) is 8.87. The van der Waals surface area contributed by atoms with E-state index in [4.69, 9.17) is 14.2 Å². The highest BCUT2D eigenvalue weighted by Gasteiger charge is 2.60. The van der Waals surface area contributed by atoms with Crippen LogP contribution in [-0.2, 0) is 14.4 Å². The van der Waals surface area contributed by atoms with Crippen molar-refractivity contribution < 1.29 is 28.6 Å². The second kappa shape index (κ2) is 8.54. The van der Waals surface area contributed by atoms with Crippen LogP contribution in [0.5, 0.6) is 17.2 Å². The van der Waals surface area contributed by atoms with Gasteiger partial charge in [-0.3, -0.25) is 14.4 Å². The summed E-state index contributed by atoms with van der Waals surface area (Å²) in [6, 6.07) is 23.0. The number of rotatable bonds is 2. The molecule has 0 saturated carbocycles. The van der Waals surface area contributed by atoms with Crippen molar-refractivity contribution in [2.75, 3.05) is 11.7 Å². The maximum Gasteiger partial charge on any atom is 0.319 e. The Labute approximate surface area is 235 Å². The molecule has 0 unspecified atom stereocenters. The van der Waals surface area contributed by atoms with E-state index in [0.29, 0.717) is 22.9 Å². The van der Waals surface area contributed by atoms with Crippen molar-refractivity contribution in [3.63, 3.8) is 0 Å². The lowest BCUT2D eigenvalue weighted by Crippen LogP contribution is -2.42. The molecule has 4 atom stereocenters. The van der Waals surface area contributed by atoms with Gasteiger partial charge in [0.25, 0.3) is 0 Å². The Balaban J connectivity index is 1.37. The molecule has 7 nitrogen and oxygen atoms in total. The number of carbonyl (C=O) groups excluding carboxylic acids is 3. The lowest BCUT2D eigenvalue weighted by molar-refractivity contribution is -0.142. The van der Waals surface area contributed by atoms with Crippen molar-refractivity contribution in [2.45, 2.75) is 19.8 Å².